The molecule has 106 valence electrons. The molecule has 0 radical (unpaired) electrons. The Labute approximate surface area is 109 Å². The Morgan fingerprint density at radius 3 is 2.37 bits per heavy atom. The summed E-state index contributed by atoms with van der Waals surface area (Å²) in [5.41, 5.74) is 1.98. The zero-order chi connectivity index (χ0) is 14.8. The van der Waals surface area contributed by atoms with Crippen molar-refractivity contribution in [1.29, 1.82) is 0 Å². The van der Waals surface area contributed by atoms with Crippen molar-refractivity contribution in [1.82, 2.24) is 0 Å². The van der Waals surface area contributed by atoms with Crippen molar-refractivity contribution in [2.75, 3.05) is 11.5 Å². The third-order valence-electron chi connectivity index (χ3n) is 2.67. The zero-order valence-corrected chi connectivity index (χ0v) is 10.9. The van der Waals surface area contributed by atoms with Gasteiger partial charge in [-0.2, -0.15) is 0 Å². The SMILES string of the molecule is CCS(=O)(=O)CC(O)(C(N)=O)c1ccc(F)c(F)c1. The number of nitrogens with two attached hydrogens (primary N) is 1. The molecule has 0 fully saturated rings. The molecular formula is C11H13F2NO4S. The zero-order valence-electron chi connectivity index (χ0n) is 10.1. The summed E-state index contributed by atoms with van der Waals surface area (Å²) in [6, 6.07) is 2.14. The molecule has 0 aliphatic heterocycles. The number of sulfone groups is 1. The molecule has 0 saturated heterocycles. The lowest BCUT2D eigenvalue weighted by Gasteiger charge is -2.24. The van der Waals surface area contributed by atoms with Crippen LogP contribution in [0.25, 0.3) is 0 Å². The van der Waals surface area contributed by atoms with E-state index in [0.29, 0.717) is 12.1 Å². The fraction of sp³-hybridized carbons (Fsp3) is 0.364. The Hall–Kier alpha value is -1.54. The van der Waals surface area contributed by atoms with Gasteiger partial charge in [0.25, 0.3) is 5.91 Å². The van der Waals surface area contributed by atoms with Crippen LogP contribution in [0.5, 0.6) is 0 Å². The van der Waals surface area contributed by atoms with Gasteiger partial charge in [-0.25, -0.2) is 17.2 Å². The Morgan fingerprint density at radius 1 is 1.37 bits per heavy atom. The number of benzene rings is 1. The molecule has 0 aliphatic rings. The second-order valence-electron chi connectivity index (χ2n) is 4.03. The Bertz CT molecular complexity index is 603. The highest BCUT2D eigenvalue weighted by Gasteiger charge is 2.40. The average Bonchev–Trinajstić information content (AvgIpc) is 2.31. The highest BCUT2D eigenvalue weighted by Crippen LogP contribution is 2.25. The summed E-state index contributed by atoms with van der Waals surface area (Å²) >= 11 is 0. The monoisotopic (exact) mass is 293 g/mol. The molecule has 1 unspecified atom stereocenters. The van der Waals surface area contributed by atoms with Crippen molar-refractivity contribution in [3.8, 4) is 0 Å². The largest absolute Gasteiger partial charge is 0.374 e. The first-order chi connectivity index (χ1) is 8.62. The van der Waals surface area contributed by atoms with Crippen molar-refractivity contribution < 1.29 is 27.1 Å². The molecule has 1 atom stereocenters. The van der Waals surface area contributed by atoms with Crippen LogP contribution < -0.4 is 5.73 Å². The average molecular weight is 293 g/mol. The van der Waals surface area contributed by atoms with Crippen molar-refractivity contribution in [2.45, 2.75) is 12.5 Å². The van der Waals surface area contributed by atoms with E-state index in [1.807, 2.05) is 0 Å². The van der Waals surface area contributed by atoms with Crippen LogP contribution in [-0.4, -0.2) is 30.9 Å². The van der Waals surface area contributed by atoms with E-state index in [-0.39, 0.29) is 5.75 Å². The lowest BCUT2D eigenvalue weighted by Crippen LogP contribution is -2.47. The molecule has 1 aromatic carbocycles. The van der Waals surface area contributed by atoms with E-state index in [1.165, 1.54) is 6.92 Å². The van der Waals surface area contributed by atoms with Crippen molar-refractivity contribution in [2.24, 2.45) is 5.73 Å². The van der Waals surface area contributed by atoms with Crippen molar-refractivity contribution in [3.05, 3.63) is 35.4 Å². The number of carbonyl (C=O) groups is 1. The number of amides is 1. The molecule has 0 spiro atoms. The summed E-state index contributed by atoms with van der Waals surface area (Å²) in [4.78, 5) is 11.3. The van der Waals surface area contributed by atoms with Gasteiger partial charge in [-0.15, -0.1) is 0 Å². The maximum Gasteiger partial charge on any atom is 0.255 e. The number of hydrogen-bond acceptors (Lipinski definition) is 4. The number of hydrogen-bond donors (Lipinski definition) is 2. The number of primary amides is 1. The van der Waals surface area contributed by atoms with Crippen molar-refractivity contribution in [3.63, 3.8) is 0 Å². The van der Waals surface area contributed by atoms with Gasteiger partial charge in [0.1, 0.15) is 0 Å². The molecule has 0 bridgehead atoms. The van der Waals surface area contributed by atoms with Gasteiger partial charge in [0, 0.05) is 5.75 Å². The Morgan fingerprint density at radius 2 is 1.95 bits per heavy atom. The molecule has 5 nitrogen and oxygen atoms in total. The fourth-order valence-corrected chi connectivity index (χ4v) is 2.62. The number of halogens is 2. The van der Waals surface area contributed by atoms with E-state index in [1.54, 1.807) is 0 Å². The van der Waals surface area contributed by atoms with Crippen LogP contribution >= 0.6 is 0 Å². The van der Waals surface area contributed by atoms with E-state index in [0.717, 1.165) is 6.07 Å². The Balaban J connectivity index is 3.34. The van der Waals surface area contributed by atoms with E-state index >= 15 is 0 Å². The third-order valence-corrected chi connectivity index (χ3v) is 4.41. The van der Waals surface area contributed by atoms with Gasteiger partial charge in [-0.3, -0.25) is 4.79 Å². The van der Waals surface area contributed by atoms with Crippen LogP contribution in [0.15, 0.2) is 18.2 Å². The molecule has 3 N–H and O–H groups in total. The van der Waals surface area contributed by atoms with E-state index in [2.05, 4.69) is 0 Å². The first kappa shape index (κ1) is 15.5. The van der Waals surface area contributed by atoms with Gasteiger partial charge in [-0.1, -0.05) is 13.0 Å². The first-order valence-corrected chi connectivity index (χ1v) is 7.13. The minimum Gasteiger partial charge on any atom is -0.374 e. The topological polar surface area (TPSA) is 97.5 Å². The molecule has 0 heterocycles. The van der Waals surface area contributed by atoms with Crippen LogP contribution in [0.2, 0.25) is 0 Å². The van der Waals surface area contributed by atoms with E-state index in [9.17, 15) is 27.1 Å². The van der Waals surface area contributed by atoms with Crippen molar-refractivity contribution >= 4 is 15.7 Å². The lowest BCUT2D eigenvalue weighted by atomic mass is 9.95. The number of rotatable bonds is 5. The smallest absolute Gasteiger partial charge is 0.255 e. The molecule has 1 amide bonds. The molecule has 1 aromatic rings. The van der Waals surface area contributed by atoms with Gasteiger partial charge >= 0.3 is 0 Å². The van der Waals surface area contributed by atoms with Gasteiger partial charge in [0.15, 0.2) is 27.1 Å². The fourth-order valence-electron chi connectivity index (χ4n) is 1.47. The minimum absolute atomic E-state index is 0.327. The predicted octanol–water partition coefficient (Wildman–Crippen LogP) is 0.0724. The van der Waals surface area contributed by atoms with Crippen LogP contribution in [-0.2, 0) is 20.2 Å². The number of aliphatic hydroxyl groups is 1. The molecule has 19 heavy (non-hydrogen) atoms. The molecule has 0 aromatic heterocycles. The van der Waals surface area contributed by atoms with Crippen LogP contribution in [0, 0.1) is 11.6 Å². The van der Waals surface area contributed by atoms with Gasteiger partial charge in [0.05, 0.1) is 5.75 Å². The summed E-state index contributed by atoms with van der Waals surface area (Å²) in [6.07, 6.45) is 0. The maximum absolute atomic E-state index is 13.1. The van der Waals surface area contributed by atoms with Gasteiger partial charge < -0.3 is 10.8 Å². The van der Waals surface area contributed by atoms with Gasteiger partial charge in [-0.05, 0) is 17.7 Å². The molecule has 0 aliphatic carbocycles. The highest BCUT2D eigenvalue weighted by atomic mass is 32.2. The predicted molar refractivity (Wildman–Crippen MR) is 63.8 cm³/mol. The normalized spacial score (nSPS) is 14.9. The quantitative estimate of drug-likeness (QED) is 0.803. The molecule has 0 saturated carbocycles. The number of carbonyl (C=O) groups excluding carboxylic acids is 1. The van der Waals surface area contributed by atoms with E-state index < -0.39 is 44.3 Å². The standard InChI is InChI=1S/C11H13F2NO4S/c1-2-19(17,18)6-11(16,10(14)15)7-3-4-8(12)9(13)5-7/h3-5,16H,2,6H2,1H3,(H2,14,15). The van der Waals surface area contributed by atoms with Crippen LogP contribution in [0.4, 0.5) is 8.78 Å². The van der Waals surface area contributed by atoms with Crippen LogP contribution in [0.3, 0.4) is 0 Å². The van der Waals surface area contributed by atoms with Crippen LogP contribution in [0.1, 0.15) is 12.5 Å². The minimum atomic E-state index is -3.76. The highest BCUT2D eigenvalue weighted by molar-refractivity contribution is 7.91. The summed E-state index contributed by atoms with van der Waals surface area (Å²) in [6.45, 7) is 1.32. The second-order valence-corrected chi connectivity index (χ2v) is 6.38. The summed E-state index contributed by atoms with van der Waals surface area (Å²) in [7, 11) is -3.76. The lowest BCUT2D eigenvalue weighted by molar-refractivity contribution is -0.135. The summed E-state index contributed by atoms with van der Waals surface area (Å²) in [5, 5.41) is 10.1. The summed E-state index contributed by atoms with van der Waals surface area (Å²) < 4.78 is 48.9. The van der Waals surface area contributed by atoms with E-state index in [4.69, 9.17) is 5.73 Å². The Kier molecular flexibility index (Phi) is 4.26. The molecule has 1 rings (SSSR count). The first-order valence-electron chi connectivity index (χ1n) is 5.30. The third kappa shape index (κ3) is 3.27. The maximum atomic E-state index is 13.1. The molecular weight excluding hydrogens is 280 g/mol. The van der Waals surface area contributed by atoms with Gasteiger partial charge in [0.2, 0.25) is 0 Å². The molecule has 8 heteroatoms. The summed E-state index contributed by atoms with van der Waals surface area (Å²) in [5.74, 6) is -5.17. The second kappa shape index (κ2) is 5.22.